The van der Waals surface area contributed by atoms with Gasteiger partial charge in [0.2, 0.25) is 0 Å². The van der Waals surface area contributed by atoms with Crippen LogP contribution in [0.4, 0.5) is 0 Å². The summed E-state index contributed by atoms with van der Waals surface area (Å²) in [6.45, 7) is 5.06. The van der Waals surface area contributed by atoms with Crippen LogP contribution in [0.25, 0.3) is 0 Å². The predicted molar refractivity (Wildman–Crippen MR) is 64.4 cm³/mol. The fourth-order valence-corrected chi connectivity index (χ4v) is 2.31. The number of piperidine rings is 1. The molecule has 4 heteroatoms. The zero-order chi connectivity index (χ0) is 12.4. The van der Waals surface area contributed by atoms with Crippen LogP contribution < -0.4 is 0 Å². The molecule has 90 valence electrons. The van der Waals surface area contributed by atoms with Gasteiger partial charge in [-0.1, -0.05) is 6.92 Å². The minimum absolute atomic E-state index is 0.00514. The molecule has 2 heterocycles. The standard InChI is InChI=1S/C13H17N3O/c1-9-3-4-10(2)16(8-9)13(17)12-6-5-11(7-14)15-12/h5-6,9-10,15H,3-4,8H2,1-2H3/t9-,10-/m1/s1. The van der Waals surface area contributed by atoms with Crippen molar-refractivity contribution >= 4 is 5.91 Å². The zero-order valence-electron chi connectivity index (χ0n) is 10.2. The second kappa shape index (κ2) is 4.62. The van der Waals surface area contributed by atoms with Crippen molar-refractivity contribution in [1.82, 2.24) is 9.88 Å². The Morgan fingerprint density at radius 3 is 2.88 bits per heavy atom. The Morgan fingerprint density at radius 1 is 1.47 bits per heavy atom. The first-order chi connectivity index (χ1) is 8.11. The molecule has 1 aromatic rings. The van der Waals surface area contributed by atoms with Crippen molar-refractivity contribution in [2.45, 2.75) is 32.7 Å². The Balaban J connectivity index is 2.16. The van der Waals surface area contributed by atoms with Crippen molar-refractivity contribution in [3.8, 4) is 6.07 Å². The third-order valence-corrected chi connectivity index (χ3v) is 3.42. The van der Waals surface area contributed by atoms with Crippen LogP contribution in [-0.4, -0.2) is 28.4 Å². The fraction of sp³-hybridized carbons (Fsp3) is 0.538. The Hall–Kier alpha value is -1.76. The first kappa shape index (κ1) is 11.7. The highest BCUT2D eigenvalue weighted by molar-refractivity contribution is 5.93. The summed E-state index contributed by atoms with van der Waals surface area (Å²) in [6, 6.07) is 5.62. The van der Waals surface area contributed by atoms with Gasteiger partial charge in [0, 0.05) is 12.6 Å². The lowest BCUT2D eigenvalue weighted by Crippen LogP contribution is -2.45. The highest BCUT2D eigenvalue weighted by Crippen LogP contribution is 2.23. The first-order valence-corrected chi connectivity index (χ1v) is 6.02. The third-order valence-electron chi connectivity index (χ3n) is 3.42. The summed E-state index contributed by atoms with van der Waals surface area (Å²) in [5.74, 6) is 0.561. The van der Waals surface area contributed by atoms with E-state index in [0.29, 0.717) is 17.3 Å². The topological polar surface area (TPSA) is 59.9 Å². The van der Waals surface area contributed by atoms with Crippen LogP contribution in [0.2, 0.25) is 0 Å². The predicted octanol–water partition coefficient (Wildman–Crippen LogP) is 2.15. The average molecular weight is 231 g/mol. The van der Waals surface area contributed by atoms with Crippen LogP contribution in [0.3, 0.4) is 0 Å². The molecule has 4 nitrogen and oxygen atoms in total. The molecule has 0 bridgehead atoms. The van der Waals surface area contributed by atoms with Crippen LogP contribution in [0.5, 0.6) is 0 Å². The van der Waals surface area contributed by atoms with Gasteiger partial charge >= 0.3 is 0 Å². The first-order valence-electron chi connectivity index (χ1n) is 6.02. The van der Waals surface area contributed by atoms with E-state index in [2.05, 4.69) is 18.8 Å². The summed E-state index contributed by atoms with van der Waals surface area (Å²) in [4.78, 5) is 17.0. The minimum Gasteiger partial charge on any atom is -0.342 e. The number of H-pyrrole nitrogens is 1. The molecule has 2 rings (SSSR count). The SMILES string of the molecule is C[C@@H]1CC[C@@H](C)N(C(=O)c2ccc(C#N)[nH]2)C1. The minimum atomic E-state index is 0.00514. The van der Waals surface area contributed by atoms with Gasteiger partial charge in [0.25, 0.3) is 5.91 Å². The monoisotopic (exact) mass is 231 g/mol. The summed E-state index contributed by atoms with van der Waals surface area (Å²) in [5, 5.41) is 8.73. The van der Waals surface area contributed by atoms with Gasteiger partial charge in [-0.3, -0.25) is 4.79 Å². The van der Waals surface area contributed by atoms with Crippen LogP contribution in [0.1, 0.15) is 42.9 Å². The maximum atomic E-state index is 12.3. The summed E-state index contributed by atoms with van der Waals surface area (Å²) in [6.07, 6.45) is 2.23. The molecule has 2 atom stereocenters. The number of rotatable bonds is 1. The molecule has 1 saturated heterocycles. The average Bonchev–Trinajstić information content (AvgIpc) is 2.80. The molecule has 1 N–H and O–H groups in total. The van der Waals surface area contributed by atoms with Gasteiger partial charge in [0.15, 0.2) is 0 Å². The molecule has 1 aliphatic rings. The smallest absolute Gasteiger partial charge is 0.270 e. The number of hydrogen-bond acceptors (Lipinski definition) is 2. The third kappa shape index (κ3) is 2.33. The maximum Gasteiger partial charge on any atom is 0.270 e. The van der Waals surface area contributed by atoms with Gasteiger partial charge in [0.05, 0.1) is 0 Å². The van der Waals surface area contributed by atoms with Crippen molar-refractivity contribution < 1.29 is 4.79 Å². The van der Waals surface area contributed by atoms with Crippen molar-refractivity contribution in [3.05, 3.63) is 23.5 Å². The van der Waals surface area contributed by atoms with Gasteiger partial charge in [-0.25, -0.2) is 0 Å². The number of nitrogens with one attached hydrogen (secondary N) is 1. The number of nitriles is 1. The molecule has 1 amide bonds. The molecular weight excluding hydrogens is 214 g/mol. The number of carbonyl (C=O) groups excluding carboxylic acids is 1. The lowest BCUT2D eigenvalue weighted by Gasteiger charge is -2.36. The largest absolute Gasteiger partial charge is 0.342 e. The second-order valence-electron chi connectivity index (χ2n) is 4.89. The normalized spacial score (nSPS) is 24.4. The molecule has 17 heavy (non-hydrogen) atoms. The van der Waals surface area contributed by atoms with Gasteiger partial charge in [-0.15, -0.1) is 0 Å². The van der Waals surface area contributed by atoms with Crippen LogP contribution in [0, 0.1) is 17.2 Å². The van der Waals surface area contributed by atoms with Crippen molar-refractivity contribution in [3.63, 3.8) is 0 Å². The molecule has 0 aromatic carbocycles. The lowest BCUT2D eigenvalue weighted by molar-refractivity contribution is 0.0568. The van der Waals surface area contributed by atoms with Gasteiger partial charge in [-0.05, 0) is 37.8 Å². The van der Waals surface area contributed by atoms with E-state index in [-0.39, 0.29) is 11.9 Å². The van der Waals surface area contributed by atoms with E-state index in [0.717, 1.165) is 13.0 Å². The number of aromatic nitrogens is 1. The Bertz CT molecular complexity index is 457. The number of amides is 1. The zero-order valence-corrected chi connectivity index (χ0v) is 10.2. The fourth-order valence-electron chi connectivity index (χ4n) is 2.31. The van der Waals surface area contributed by atoms with Crippen molar-refractivity contribution in [1.29, 1.82) is 5.26 Å². The maximum absolute atomic E-state index is 12.3. The molecule has 1 aromatic heterocycles. The van der Waals surface area contributed by atoms with E-state index < -0.39 is 0 Å². The van der Waals surface area contributed by atoms with Gasteiger partial charge in [-0.2, -0.15) is 5.26 Å². The van der Waals surface area contributed by atoms with E-state index in [1.807, 2.05) is 11.0 Å². The Labute approximate surface area is 101 Å². The Kier molecular flexibility index (Phi) is 3.19. The van der Waals surface area contributed by atoms with E-state index in [1.165, 1.54) is 6.42 Å². The highest BCUT2D eigenvalue weighted by atomic mass is 16.2. The molecule has 0 aliphatic carbocycles. The number of nitrogens with zero attached hydrogens (tertiary/aromatic N) is 2. The van der Waals surface area contributed by atoms with Crippen LogP contribution in [-0.2, 0) is 0 Å². The highest BCUT2D eigenvalue weighted by Gasteiger charge is 2.28. The van der Waals surface area contributed by atoms with Gasteiger partial charge in [0.1, 0.15) is 17.5 Å². The molecule has 0 saturated carbocycles. The number of likely N-dealkylation sites (tertiary alicyclic amines) is 1. The van der Waals surface area contributed by atoms with E-state index in [1.54, 1.807) is 12.1 Å². The van der Waals surface area contributed by atoms with Crippen LogP contribution in [0.15, 0.2) is 12.1 Å². The summed E-state index contributed by atoms with van der Waals surface area (Å²) < 4.78 is 0. The molecular formula is C13H17N3O. The summed E-state index contributed by atoms with van der Waals surface area (Å²) >= 11 is 0. The molecule has 1 aliphatic heterocycles. The summed E-state index contributed by atoms with van der Waals surface area (Å²) in [7, 11) is 0. The van der Waals surface area contributed by atoms with E-state index in [4.69, 9.17) is 5.26 Å². The van der Waals surface area contributed by atoms with E-state index >= 15 is 0 Å². The lowest BCUT2D eigenvalue weighted by atomic mass is 9.95. The number of carbonyl (C=O) groups is 1. The van der Waals surface area contributed by atoms with Crippen molar-refractivity contribution in [2.75, 3.05) is 6.54 Å². The quantitative estimate of drug-likeness (QED) is 0.805. The van der Waals surface area contributed by atoms with Crippen LogP contribution >= 0.6 is 0 Å². The van der Waals surface area contributed by atoms with Crippen molar-refractivity contribution in [2.24, 2.45) is 5.92 Å². The molecule has 1 fully saturated rings. The molecule has 0 spiro atoms. The van der Waals surface area contributed by atoms with Gasteiger partial charge < -0.3 is 9.88 Å². The van der Waals surface area contributed by atoms with E-state index in [9.17, 15) is 4.79 Å². The number of aromatic amines is 1. The number of hydrogen-bond donors (Lipinski definition) is 1. The second-order valence-corrected chi connectivity index (χ2v) is 4.89. The Morgan fingerprint density at radius 2 is 2.24 bits per heavy atom. The molecule has 0 unspecified atom stereocenters. The summed E-state index contributed by atoms with van der Waals surface area (Å²) in [5.41, 5.74) is 0.952. The molecule has 0 radical (unpaired) electrons.